The third-order valence-electron chi connectivity index (χ3n) is 3.79. The maximum absolute atomic E-state index is 11.8. The van der Waals surface area contributed by atoms with Gasteiger partial charge in [0.1, 0.15) is 0 Å². The molecule has 1 aliphatic rings. The first-order valence-corrected chi connectivity index (χ1v) is 8.22. The standard InChI is InChI=1S/C16H23BrN2O/c1-13(17)16(20)18(2)12-14-6-8-15(9-7-14)19-10-4-3-5-11-19/h6-9,13H,3-5,10-12H2,1-2H3. The van der Waals surface area contributed by atoms with E-state index in [9.17, 15) is 4.79 Å². The normalized spacial score (nSPS) is 16.9. The van der Waals surface area contributed by atoms with E-state index in [1.807, 2.05) is 14.0 Å². The van der Waals surface area contributed by atoms with E-state index in [-0.39, 0.29) is 10.7 Å². The van der Waals surface area contributed by atoms with Gasteiger partial charge in [-0.1, -0.05) is 28.1 Å². The number of rotatable bonds is 4. The number of piperidine rings is 1. The maximum Gasteiger partial charge on any atom is 0.236 e. The lowest BCUT2D eigenvalue weighted by molar-refractivity contribution is -0.129. The minimum atomic E-state index is -0.125. The first-order chi connectivity index (χ1) is 9.58. The summed E-state index contributed by atoms with van der Waals surface area (Å²) in [6.45, 7) is 4.85. The van der Waals surface area contributed by atoms with Gasteiger partial charge < -0.3 is 9.80 Å². The van der Waals surface area contributed by atoms with E-state index in [2.05, 4.69) is 45.1 Å². The highest BCUT2D eigenvalue weighted by Gasteiger charge is 2.15. The lowest BCUT2D eigenvalue weighted by atomic mass is 10.1. The van der Waals surface area contributed by atoms with Crippen LogP contribution in [0.4, 0.5) is 5.69 Å². The average Bonchev–Trinajstić information content (AvgIpc) is 2.48. The third kappa shape index (κ3) is 3.98. The lowest BCUT2D eigenvalue weighted by Gasteiger charge is -2.29. The first-order valence-electron chi connectivity index (χ1n) is 7.31. The molecule has 1 aliphatic heterocycles. The van der Waals surface area contributed by atoms with Gasteiger partial charge in [0.2, 0.25) is 5.91 Å². The Kier molecular flexibility index (Phi) is 5.46. The highest BCUT2D eigenvalue weighted by atomic mass is 79.9. The average molecular weight is 339 g/mol. The van der Waals surface area contributed by atoms with Gasteiger partial charge in [0.15, 0.2) is 0 Å². The molecular formula is C16H23BrN2O. The Balaban J connectivity index is 1.95. The molecule has 3 nitrogen and oxygen atoms in total. The second kappa shape index (κ2) is 7.11. The molecule has 1 amide bonds. The summed E-state index contributed by atoms with van der Waals surface area (Å²) in [5.41, 5.74) is 2.48. The van der Waals surface area contributed by atoms with Crippen molar-refractivity contribution in [3.05, 3.63) is 29.8 Å². The molecule has 0 radical (unpaired) electrons. The van der Waals surface area contributed by atoms with Crippen LogP contribution in [0.1, 0.15) is 31.7 Å². The molecule has 1 aromatic rings. The summed E-state index contributed by atoms with van der Waals surface area (Å²) in [4.78, 5) is 15.9. The second-order valence-electron chi connectivity index (χ2n) is 5.52. The molecule has 1 unspecified atom stereocenters. The molecule has 0 aromatic heterocycles. The van der Waals surface area contributed by atoms with E-state index in [4.69, 9.17) is 0 Å². The topological polar surface area (TPSA) is 23.6 Å². The molecule has 2 rings (SSSR count). The van der Waals surface area contributed by atoms with E-state index in [0.29, 0.717) is 6.54 Å². The molecule has 1 saturated heterocycles. The van der Waals surface area contributed by atoms with Gasteiger partial charge in [-0.05, 0) is 43.9 Å². The second-order valence-corrected chi connectivity index (χ2v) is 6.90. The van der Waals surface area contributed by atoms with Crippen LogP contribution < -0.4 is 4.90 Å². The SMILES string of the molecule is CC(Br)C(=O)N(C)Cc1ccc(N2CCCCC2)cc1. The third-order valence-corrected chi connectivity index (χ3v) is 4.19. The molecule has 1 aromatic carbocycles. The molecular weight excluding hydrogens is 316 g/mol. The number of anilines is 1. The quantitative estimate of drug-likeness (QED) is 0.785. The number of nitrogens with zero attached hydrogens (tertiary/aromatic N) is 2. The van der Waals surface area contributed by atoms with Gasteiger partial charge in [-0.15, -0.1) is 0 Å². The molecule has 1 fully saturated rings. The van der Waals surface area contributed by atoms with Crippen molar-refractivity contribution in [2.45, 2.75) is 37.6 Å². The van der Waals surface area contributed by atoms with Crippen molar-refractivity contribution in [1.29, 1.82) is 0 Å². The van der Waals surface area contributed by atoms with Crippen molar-refractivity contribution in [2.24, 2.45) is 0 Å². The zero-order valence-corrected chi connectivity index (χ0v) is 13.9. The van der Waals surface area contributed by atoms with Gasteiger partial charge in [0, 0.05) is 32.4 Å². The fraction of sp³-hybridized carbons (Fsp3) is 0.562. The Labute approximate surface area is 130 Å². The van der Waals surface area contributed by atoms with Gasteiger partial charge in [0.05, 0.1) is 4.83 Å². The summed E-state index contributed by atoms with van der Waals surface area (Å²) in [6.07, 6.45) is 3.94. The molecule has 0 bridgehead atoms. The van der Waals surface area contributed by atoms with Crippen molar-refractivity contribution in [1.82, 2.24) is 4.90 Å². The van der Waals surface area contributed by atoms with Crippen molar-refractivity contribution in [2.75, 3.05) is 25.0 Å². The predicted octanol–water partition coefficient (Wildman–Crippen LogP) is 3.42. The van der Waals surface area contributed by atoms with Crippen LogP contribution >= 0.6 is 15.9 Å². The molecule has 0 saturated carbocycles. The lowest BCUT2D eigenvalue weighted by Crippen LogP contribution is -2.31. The minimum absolute atomic E-state index is 0.116. The Bertz CT molecular complexity index is 438. The van der Waals surface area contributed by atoms with Crippen LogP contribution in [0.15, 0.2) is 24.3 Å². The summed E-state index contributed by atoms with van der Waals surface area (Å²) in [5, 5.41) is 0. The number of hydrogen-bond acceptors (Lipinski definition) is 2. The number of hydrogen-bond donors (Lipinski definition) is 0. The van der Waals surface area contributed by atoms with Crippen molar-refractivity contribution < 1.29 is 4.79 Å². The van der Waals surface area contributed by atoms with Gasteiger partial charge in [-0.2, -0.15) is 0 Å². The Morgan fingerprint density at radius 2 is 1.85 bits per heavy atom. The summed E-state index contributed by atoms with van der Waals surface area (Å²) in [7, 11) is 1.85. The highest BCUT2D eigenvalue weighted by molar-refractivity contribution is 9.10. The van der Waals surface area contributed by atoms with Gasteiger partial charge in [0.25, 0.3) is 0 Å². The summed E-state index contributed by atoms with van der Waals surface area (Å²) >= 11 is 3.32. The van der Waals surface area contributed by atoms with Crippen LogP contribution in [0, 0.1) is 0 Å². The summed E-state index contributed by atoms with van der Waals surface area (Å²) < 4.78 is 0. The molecule has 0 aliphatic carbocycles. The zero-order chi connectivity index (χ0) is 14.5. The van der Waals surface area contributed by atoms with Crippen molar-refractivity contribution >= 4 is 27.5 Å². The Morgan fingerprint density at radius 3 is 2.40 bits per heavy atom. The van der Waals surface area contributed by atoms with Crippen molar-refractivity contribution in [3.8, 4) is 0 Å². The zero-order valence-electron chi connectivity index (χ0n) is 12.3. The molecule has 20 heavy (non-hydrogen) atoms. The van der Waals surface area contributed by atoms with Crippen molar-refractivity contribution in [3.63, 3.8) is 0 Å². The fourth-order valence-corrected chi connectivity index (χ4v) is 2.97. The van der Waals surface area contributed by atoms with E-state index in [1.165, 1.54) is 43.6 Å². The Hall–Kier alpha value is -1.03. The highest BCUT2D eigenvalue weighted by Crippen LogP contribution is 2.20. The van der Waals surface area contributed by atoms with E-state index >= 15 is 0 Å². The predicted molar refractivity (Wildman–Crippen MR) is 87.4 cm³/mol. The monoisotopic (exact) mass is 338 g/mol. The minimum Gasteiger partial charge on any atom is -0.372 e. The largest absolute Gasteiger partial charge is 0.372 e. The van der Waals surface area contributed by atoms with Gasteiger partial charge >= 0.3 is 0 Å². The molecule has 0 spiro atoms. The number of benzene rings is 1. The fourth-order valence-electron chi connectivity index (χ4n) is 2.62. The summed E-state index contributed by atoms with van der Waals surface area (Å²) in [6, 6.07) is 8.62. The van der Waals surface area contributed by atoms with E-state index < -0.39 is 0 Å². The summed E-state index contributed by atoms with van der Waals surface area (Å²) in [5.74, 6) is 0.116. The number of carbonyl (C=O) groups excluding carboxylic acids is 1. The van der Waals surface area contributed by atoms with Crippen LogP contribution in [-0.4, -0.2) is 35.8 Å². The van der Waals surface area contributed by atoms with E-state index in [0.717, 1.165) is 0 Å². The number of halogens is 1. The van der Waals surface area contributed by atoms with Crippen LogP contribution in [-0.2, 0) is 11.3 Å². The molecule has 1 heterocycles. The van der Waals surface area contributed by atoms with Crippen LogP contribution in [0.25, 0.3) is 0 Å². The van der Waals surface area contributed by atoms with Crippen LogP contribution in [0.3, 0.4) is 0 Å². The number of amides is 1. The van der Waals surface area contributed by atoms with E-state index in [1.54, 1.807) is 4.90 Å². The smallest absolute Gasteiger partial charge is 0.236 e. The number of carbonyl (C=O) groups is 1. The Morgan fingerprint density at radius 1 is 1.25 bits per heavy atom. The van der Waals surface area contributed by atoms with Gasteiger partial charge in [-0.25, -0.2) is 0 Å². The maximum atomic E-state index is 11.8. The molecule has 1 atom stereocenters. The number of alkyl halides is 1. The van der Waals surface area contributed by atoms with Crippen LogP contribution in [0.5, 0.6) is 0 Å². The first kappa shape index (κ1) is 15.4. The van der Waals surface area contributed by atoms with Gasteiger partial charge in [-0.3, -0.25) is 4.79 Å². The molecule has 0 N–H and O–H groups in total. The molecule has 4 heteroatoms. The molecule has 110 valence electrons. The van der Waals surface area contributed by atoms with Crippen LogP contribution in [0.2, 0.25) is 0 Å².